The van der Waals surface area contributed by atoms with Crippen molar-refractivity contribution in [3.05, 3.63) is 75.9 Å². The average Bonchev–Trinajstić information content (AvgIpc) is 2.51. The second kappa shape index (κ2) is 4.01. The van der Waals surface area contributed by atoms with E-state index in [9.17, 15) is 9.59 Å². The van der Waals surface area contributed by atoms with E-state index in [1.54, 1.807) is 24.3 Å². The van der Waals surface area contributed by atoms with Gasteiger partial charge in [-0.2, -0.15) is 0 Å². The van der Waals surface area contributed by atoms with Crippen LogP contribution < -0.4 is 0 Å². The lowest BCUT2D eigenvalue weighted by Crippen LogP contribution is -2.21. The number of carbonyl (C=O) groups excluding carboxylic acids is 2. The van der Waals surface area contributed by atoms with Crippen molar-refractivity contribution in [1.82, 2.24) is 0 Å². The van der Waals surface area contributed by atoms with Gasteiger partial charge in [0, 0.05) is 22.3 Å². The summed E-state index contributed by atoms with van der Waals surface area (Å²) in [5, 5.41) is 0. The van der Waals surface area contributed by atoms with Gasteiger partial charge >= 0.3 is 0 Å². The molecule has 0 N–H and O–H groups in total. The second-order valence-corrected chi connectivity index (χ2v) is 5.24. The molecule has 2 aromatic carbocycles. The average molecular weight is 260 g/mol. The van der Waals surface area contributed by atoms with Gasteiger partial charge in [0.25, 0.3) is 0 Å². The number of hydrogen-bond donors (Lipinski definition) is 0. The number of carbonyl (C=O) groups is 2. The highest BCUT2D eigenvalue weighted by molar-refractivity contribution is 6.28. The molecule has 20 heavy (non-hydrogen) atoms. The van der Waals surface area contributed by atoms with Crippen molar-refractivity contribution in [2.45, 2.75) is 12.8 Å². The smallest absolute Gasteiger partial charge is 0.194 e. The fraction of sp³-hybridized carbons (Fsp3) is 0.111. The fourth-order valence-electron chi connectivity index (χ4n) is 3.03. The van der Waals surface area contributed by atoms with Crippen LogP contribution in [0.25, 0.3) is 6.08 Å². The third kappa shape index (κ3) is 1.45. The molecule has 0 unspecified atom stereocenters. The lowest BCUT2D eigenvalue weighted by Gasteiger charge is -2.20. The molecule has 0 bridgehead atoms. The van der Waals surface area contributed by atoms with Crippen molar-refractivity contribution in [3.8, 4) is 0 Å². The van der Waals surface area contributed by atoms with Gasteiger partial charge in [0.05, 0.1) is 0 Å². The van der Waals surface area contributed by atoms with Gasteiger partial charge in [-0.3, -0.25) is 9.59 Å². The summed E-state index contributed by atoms with van der Waals surface area (Å²) in [4.78, 5) is 25.1. The van der Waals surface area contributed by atoms with E-state index in [1.165, 1.54) is 0 Å². The summed E-state index contributed by atoms with van der Waals surface area (Å²) in [6.45, 7) is 0. The zero-order valence-corrected chi connectivity index (χ0v) is 10.8. The molecule has 2 heteroatoms. The van der Waals surface area contributed by atoms with Gasteiger partial charge in [-0.05, 0) is 36.1 Å². The molecule has 0 radical (unpaired) electrons. The predicted octanol–water partition coefficient (Wildman–Crippen LogP) is 3.42. The van der Waals surface area contributed by atoms with Crippen molar-refractivity contribution < 1.29 is 9.59 Å². The van der Waals surface area contributed by atoms with Gasteiger partial charge in [0.2, 0.25) is 0 Å². The third-order valence-electron chi connectivity index (χ3n) is 4.06. The molecule has 0 aromatic heterocycles. The summed E-state index contributed by atoms with van der Waals surface area (Å²) in [6.07, 6.45) is 6.07. The van der Waals surface area contributed by atoms with Crippen LogP contribution in [0.4, 0.5) is 0 Å². The fourth-order valence-corrected chi connectivity index (χ4v) is 3.03. The molecule has 0 fully saturated rings. The van der Waals surface area contributed by atoms with Crippen LogP contribution in [0.2, 0.25) is 0 Å². The van der Waals surface area contributed by atoms with E-state index >= 15 is 0 Å². The first-order chi connectivity index (χ1) is 9.75. The molecule has 0 aliphatic heterocycles. The van der Waals surface area contributed by atoms with E-state index in [0.29, 0.717) is 22.3 Å². The first-order valence-corrected chi connectivity index (χ1v) is 6.77. The van der Waals surface area contributed by atoms with Crippen LogP contribution in [0.1, 0.15) is 49.4 Å². The van der Waals surface area contributed by atoms with Gasteiger partial charge in [0.1, 0.15) is 0 Å². The van der Waals surface area contributed by atoms with Crippen molar-refractivity contribution in [2.75, 3.05) is 0 Å². The monoisotopic (exact) mass is 260 g/mol. The van der Waals surface area contributed by atoms with Gasteiger partial charge in [0.15, 0.2) is 11.6 Å². The Hall–Kier alpha value is -2.48. The van der Waals surface area contributed by atoms with Crippen LogP contribution in [0.3, 0.4) is 0 Å². The maximum atomic E-state index is 12.6. The topological polar surface area (TPSA) is 34.1 Å². The molecular formula is C18H12O2. The lowest BCUT2D eigenvalue weighted by atomic mass is 9.81. The second-order valence-electron chi connectivity index (χ2n) is 5.24. The van der Waals surface area contributed by atoms with Crippen molar-refractivity contribution in [2.24, 2.45) is 0 Å². The Balaban J connectivity index is 2.00. The molecule has 2 nitrogen and oxygen atoms in total. The maximum absolute atomic E-state index is 12.6. The van der Waals surface area contributed by atoms with Crippen LogP contribution in [-0.2, 0) is 6.42 Å². The number of aryl methyl sites for hydroxylation is 1. The summed E-state index contributed by atoms with van der Waals surface area (Å²) in [6, 6.07) is 10.8. The van der Waals surface area contributed by atoms with Crippen molar-refractivity contribution >= 4 is 17.6 Å². The minimum atomic E-state index is -0.0445. The normalized spacial score (nSPS) is 15.6. The highest BCUT2D eigenvalue weighted by atomic mass is 16.1. The molecular weight excluding hydrogens is 248 g/mol. The van der Waals surface area contributed by atoms with Crippen LogP contribution >= 0.6 is 0 Å². The molecule has 0 amide bonds. The Morgan fingerprint density at radius 3 is 2.15 bits per heavy atom. The maximum Gasteiger partial charge on any atom is 0.194 e. The first-order valence-electron chi connectivity index (χ1n) is 6.77. The molecule has 0 saturated carbocycles. The third-order valence-corrected chi connectivity index (χ3v) is 4.06. The summed E-state index contributed by atoms with van der Waals surface area (Å²) in [5.41, 5.74) is 4.37. The number of rotatable bonds is 0. The lowest BCUT2D eigenvalue weighted by molar-refractivity contribution is 0.0979. The van der Waals surface area contributed by atoms with Crippen molar-refractivity contribution in [1.29, 1.82) is 0 Å². The molecule has 4 rings (SSSR count). The Bertz CT molecular complexity index is 797. The van der Waals surface area contributed by atoms with Crippen molar-refractivity contribution in [3.63, 3.8) is 0 Å². The molecule has 0 heterocycles. The van der Waals surface area contributed by atoms with Crippen LogP contribution in [-0.4, -0.2) is 11.6 Å². The highest BCUT2D eigenvalue weighted by Gasteiger charge is 2.30. The van der Waals surface area contributed by atoms with E-state index in [2.05, 4.69) is 6.08 Å². The number of allylic oxidation sites excluding steroid dienone is 1. The van der Waals surface area contributed by atoms with Gasteiger partial charge in [-0.25, -0.2) is 0 Å². The van der Waals surface area contributed by atoms with Gasteiger partial charge in [-0.15, -0.1) is 0 Å². The van der Waals surface area contributed by atoms with Crippen LogP contribution in [0, 0.1) is 0 Å². The Morgan fingerprint density at radius 1 is 0.800 bits per heavy atom. The SMILES string of the molecule is O=C1c2ccccc2C(=O)c2cc3c(cc21)C=CCC3. The van der Waals surface area contributed by atoms with Gasteiger partial charge in [-0.1, -0.05) is 36.4 Å². The van der Waals surface area contributed by atoms with E-state index < -0.39 is 0 Å². The van der Waals surface area contributed by atoms with E-state index in [4.69, 9.17) is 0 Å². The van der Waals surface area contributed by atoms with E-state index in [1.807, 2.05) is 18.2 Å². The molecule has 0 spiro atoms. The first kappa shape index (κ1) is 11.4. The van der Waals surface area contributed by atoms with Crippen LogP contribution in [0.15, 0.2) is 42.5 Å². The van der Waals surface area contributed by atoms with E-state index in [-0.39, 0.29) is 11.6 Å². The zero-order valence-electron chi connectivity index (χ0n) is 10.8. The molecule has 0 atom stereocenters. The quantitative estimate of drug-likeness (QED) is 0.620. The largest absolute Gasteiger partial charge is 0.289 e. The predicted molar refractivity (Wildman–Crippen MR) is 77.1 cm³/mol. The Kier molecular flexibility index (Phi) is 2.27. The minimum Gasteiger partial charge on any atom is -0.289 e. The Morgan fingerprint density at radius 2 is 1.45 bits per heavy atom. The number of hydrogen-bond acceptors (Lipinski definition) is 2. The number of ketones is 2. The summed E-state index contributed by atoms with van der Waals surface area (Å²) >= 11 is 0. The molecule has 96 valence electrons. The Labute approximate surface area is 116 Å². The molecule has 0 saturated heterocycles. The summed E-state index contributed by atoms with van der Waals surface area (Å²) in [7, 11) is 0. The molecule has 2 aliphatic rings. The minimum absolute atomic E-state index is 0.0347. The summed E-state index contributed by atoms with van der Waals surface area (Å²) in [5.74, 6) is -0.0791. The van der Waals surface area contributed by atoms with Gasteiger partial charge < -0.3 is 0 Å². The van der Waals surface area contributed by atoms with Crippen LogP contribution in [0.5, 0.6) is 0 Å². The molecule has 2 aromatic rings. The summed E-state index contributed by atoms with van der Waals surface area (Å²) < 4.78 is 0. The number of benzene rings is 2. The highest BCUT2D eigenvalue weighted by Crippen LogP contribution is 2.31. The number of fused-ring (bicyclic) bond motifs is 3. The molecule has 2 aliphatic carbocycles. The zero-order chi connectivity index (χ0) is 13.7. The standard InChI is InChI=1S/C18H12O2/c19-17-13-7-3-4-8-14(13)18(20)16-10-12-6-2-1-5-11(12)9-15(16)17/h1,3-5,7-10H,2,6H2. The van der Waals surface area contributed by atoms with E-state index in [0.717, 1.165) is 24.0 Å².